The van der Waals surface area contributed by atoms with E-state index in [0.717, 1.165) is 37.2 Å². The number of carbonyl (C=O) groups is 1. The highest BCUT2D eigenvalue weighted by atomic mass is 79.9. The standard InChI is InChI=1S/C20H23BrN2O4S/c1-22(14-15-7-3-4-8-19(15)23-11-5-6-12-23)28(25,26)16-9-10-18(21)17(13-16)20(24)27-2/h3-4,7-10,13H,5-6,11-12,14H2,1-2H3. The van der Waals surface area contributed by atoms with E-state index in [9.17, 15) is 13.2 Å². The van der Waals surface area contributed by atoms with Crippen LogP contribution < -0.4 is 4.90 Å². The van der Waals surface area contributed by atoms with Gasteiger partial charge in [-0.05, 0) is 58.6 Å². The van der Waals surface area contributed by atoms with E-state index in [1.165, 1.54) is 23.5 Å². The van der Waals surface area contributed by atoms with Gasteiger partial charge in [0.15, 0.2) is 0 Å². The Morgan fingerprint density at radius 3 is 2.54 bits per heavy atom. The molecule has 150 valence electrons. The first kappa shape index (κ1) is 20.8. The Bertz CT molecular complexity index is 972. The Morgan fingerprint density at radius 2 is 1.86 bits per heavy atom. The van der Waals surface area contributed by atoms with Gasteiger partial charge in [0.05, 0.1) is 17.6 Å². The average Bonchev–Trinajstić information content (AvgIpc) is 3.22. The molecule has 8 heteroatoms. The van der Waals surface area contributed by atoms with Crippen LogP contribution in [0.4, 0.5) is 5.69 Å². The Labute approximate surface area is 174 Å². The molecular weight excluding hydrogens is 444 g/mol. The number of hydrogen-bond acceptors (Lipinski definition) is 5. The van der Waals surface area contributed by atoms with E-state index in [1.807, 2.05) is 24.3 Å². The number of esters is 1. The number of ether oxygens (including phenoxy) is 1. The third kappa shape index (κ3) is 4.24. The van der Waals surface area contributed by atoms with Crippen molar-refractivity contribution in [2.24, 2.45) is 0 Å². The van der Waals surface area contributed by atoms with Gasteiger partial charge in [0, 0.05) is 36.8 Å². The second kappa shape index (κ2) is 8.63. The molecule has 0 N–H and O–H groups in total. The molecule has 0 bridgehead atoms. The molecule has 3 rings (SSSR count). The summed E-state index contributed by atoms with van der Waals surface area (Å²) in [6.07, 6.45) is 2.30. The number of carbonyl (C=O) groups excluding carboxylic acids is 1. The molecule has 1 heterocycles. The van der Waals surface area contributed by atoms with Gasteiger partial charge < -0.3 is 9.64 Å². The Hall–Kier alpha value is -1.90. The van der Waals surface area contributed by atoms with E-state index in [1.54, 1.807) is 13.1 Å². The Kier molecular flexibility index (Phi) is 6.42. The molecule has 2 aromatic carbocycles. The predicted molar refractivity (Wildman–Crippen MR) is 112 cm³/mol. The highest BCUT2D eigenvalue weighted by Crippen LogP contribution is 2.28. The lowest BCUT2D eigenvalue weighted by atomic mass is 10.1. The van der Waals surface area contributed by atoms with E-state index in [2.05, 4.69) is 20.8 Å². The number of halogens is 1. The van der Waals surface area contributed by atoms with Gasteiger partial charge in [0.1, 0.15) is 0 Å². The molecular formula is C20H23BrN2O4S. The van der Waals surface area contributed by atoms with Gasteiger partial charge in [-0.3, -0.25) is 0 Å². The predicted octanol–water partition coefficient (Wildman–Crippen LogP) is 3.66. The maximum absolute atomic E-state index is 13.1. The second-order valence-electron chi connectivity index (χ2n) is 6.72. The molecule has 1 aliphatic heterocycles. The first-order valence-electron chi connectivity index (χ1n) is 9.01. The number of hydrogen-bond donors (Lipinski definition) is 0. The van der Waals surface area contributed by atoms with E-state index in [0.29, 0.717) is 4.47 Å². The molecule has 2 aromatic rings. The van der Waals surface area contributed by atoms with Gasteiger partial charge in [-0.2, -0.15) is 4.31 Å². The van der Waals surface area contributed by atoms with Crippen LogP contribution in [0.1, 0.15) is 28.8 Å². The summed E-state index contributed by atoms with van der Waals surface area (Å²) in [7, 11) is -0.959. The van der Waals surface area contributed by atoms with Crippen molar-refractivity contribution in [1.29, 1.82) is 0 Å². The number of benzene rings is 2. The van der Waals surface area contributed by atoms with Crippen LogP contribution >= 0.6 is 15.9 Å². The summed E-state index contributed by atoms with van der Waals surface area (Å²) in [5.41, 5.74) is 2.21. The van der Waals surface area contributed by atoms with Crippen LogP contribution in [0.15, 0.2) is 51.8 Å². The van der Waals surface area contributed by atoms with E-state index in [-0.39, 0.29) is 17.0 Å². The fraction of sp³-hybridized carbons (Fsp3) is 0.350. The van der Waals surface area contributed by atoms with E-state index < -0.39 is 16.0 Å². The fourth-order valence-corrected chi connectivity index (χ4v) is 4.93. The molecule has 0 amide bonds. The smallest absolute Gasteiger partial charge is 0.339 e. The zero-order valence-corrected chi connectivity index (χ0v) is 18.3. The summed E-state index contributed by atoms with van der Waals surface area (Å²) >= 11 is 3.26. The molecule has 28 heavy (non-hydrogen) atoms. The maximum Gasteiger partial charge on any atom is 0.339 e. The van der Waals surface area contributed by atoms with Crippen LogP contribution in [0.5, 0.6) is 0 Å². The third-order valence-electron chi connectivity index (χ3n) is 4.88. The molecule has 0 aliphatic carbocycles. The number of nitrogens with zero attached hydrogens (tertiary/aromatic N) is 2. The summed E-state index contributed by atoms with van der Waals surface area (Å²) in [5, 5.41) is 0. The topological polar surface area (TPSA) is 66.9 Å². The molecule has 0 aromatic heterocycles. The van der Waals surface area contributed by atoms with Crippen LogP contribution in [0, 0.1) is 0 Å². The van der Waals surface area contributed by atoms with Crippen molar-refractivity contribution in [2.75, 3.05) is 32.1 Å². The maximum atomic E-state index is 13.1. The number of sulfonamides is 1. The summed E-state index contributed by atoms with van der Waals surface area (Å²) in [6.45, 7) is 2.23. The van der Waals surface area contributed by atoms with E-state index >= 15 is 0 Å². The lowest BCUT2D eigenvalue weighted by Gasteiger charge is -2.24. The van der Waals surface area contributed by atoms with Crippen LogP contribution in [-0.2, 0) is 21.3 Å². The number of anilines is 1. The van der Waals surface area contributed by atoms with Gasteiger partial charge in [-0.1, -0.05) is 18.2 Å². The minimum Gasteiger partial charge on any atom is -0.465 e. The molecule has 6 nitrogen and oxygen atoms in total. The van der Waals surface area contributed by atoms with Crippen molar-refractivity contribution < 1.29 is 17.9 Å². The van der Waals surface area contributed by atoms with Crippen LogP contribution in [0.25, 0.3) is 0 Å². The number of methoxy groups -OCH3 is 1. The molecule has 1 fully saturated rings. The van der Waals surface area contributed by atoms with Gasteiger partial charge >= 0.3 is 5.97 Å². The average molecular weight is 467 g/mol. The van der Waals surface area contributed by atoms with Crippen molar-refractivity contribution in [1.82, 2.24) is 4.31 Å². The number of rotatable bonds is 6. The quantitative estimate of drug-likeness (QED) is 0.607. The second-order valence-corrected chi connectivity index (χ2v) is 9.62. The van der Waals surface area contributed by atoms with Gasteiger partial charge in [-0.15, -0.1) is 0 Å². The first-order chi connectivity index (χ1) is 13.3. The fourth-order valence-electron chi connectivity index (χ4n) is 3.35. The largest absolute Gasteiger partial charge is 0.465 e. The first-order valence-corrected chi connectivity index (χ1v) is 11.2. The van der Waals surface area contributed by atoms with Gasteiger partial charge in [0.25, 0.3) is 0 Å². The molecule has 1 aliphatic rings. The Morgan fingerprint density at radius 1 is 1.18 bits per heavy atom. The summed E-state index contributed by atoms with van der Waals surface area (Å²) in [4.78, 5) is 14.2. The summed E-state index contributed by atoms with van der Waals surface area (Å²) in [5.74, 6) is -0.592. The Balaban J connectivity index is 1.89. The van der Waals surface area contributed by atoms with Gasteiger partial charge in [-0.25, -0.2) is 13.2 Å². The molecule has 0 radical (unpaired) electrons. The third-order valence-corrected chi connectivity index (χ3v) is 7.37. The van der Waals surface area contributed by atoms with Crippen LogP contribution in [-0.4, -0.2) is 45.9 Å². The number of para-hydroxylation sites is 1. The molecule has 1 saturated heterocycles. The van der Waals surface area contributed by atoms with Crippen molar-refractivity contribution >= 4 is 37.6 Å². The zero-order valence-electron chi connectivity index (χ0n) is 15.9. The molecule has 0 unspecified atom stereocenters. The van der Waals surface area contributed by atoms with Crippen LogP contribution in [0.2, 0.25) is 0 Å². The summed E-state index contributed by atoms with van der Waals surface area (Å²) in [6, 6.07) is 12.3. The van der Waals surface area contributed by atoms with Crippen LogP contribution in [0.3, 0.4) is 0 Å². The minimum absolute atomic E-state index is 0.0530. The van der Waals surface area contributed by atoms with Crippen molar-refractivity contribution in [2.45, 2.75) is 24.3 Å². The SMILES string of the molecule is COC(=O)c1cc(S(=O)(=O)N(C)Cc2ccccc2N2CCCC2)ccc1Br. The molecule has 0 atom stereocenters. The minimum atomic E-state index is -3.77. The summed E-state index contributed by atoms with van der Waals surface area (Å²) < 4.78 is 32.7. The molecule has 0 spiro atoms. The highest BCUT2D eigenvalue weighted by Gasteiger charge is 2.25. The lowest BCUT2D eigenvalue weighted by molar-refractivity contribution is 0.0599. The zero-order chi connectivity index (χ0) is 20.3. The van der Waals surface area contributed by atoms with Crippen molar-refractivity contribution in [3.63, 3.8) is 0 Å². The van der Waals surface area contributed by atoms with Crippen molar-refractivity contribution in [3.8, 4) is 0 Å². The lowest BCUT2D eigenvalue weighted by Crippen LogP contribution is -2.28. The highest BCUT2D eigenvalue weighted by molar-refractivity contribution is 9.10. The van der Waals surface area contributed by atoms with E-state index in [4.69, 9.17) is 4.74 Å². The monoisotopic (exact) mass is 466 g/mol. The molecule has 0 saturated carbocycles. The van der Waals surface area contributed by atoms with Gasteiger partial charge in [0.2, 0.25) is 10.0 Å². The van der Waals surface area contributed by atoms with Crippen molar-refractivity contribution in [3.05, 3.63) is 58.1 Å². The normalized spacial score (nSPS) is 14.5.